The van der Waals surface area contributed by atoms with E-state index < -0.39 is 28.8 Å². The van der Waals surface area contributed by atoms with Crippen molar-refractivity contribution in [3.8, 4) is 0 Å². The van der Waals surface area contributed by atoms with Crippen LogP contribution in [-0.4, -0.2) is 41.4 Å². The lowest BCUT2D eigenvalue weighted by molar-refractivity contribution is -0.137. The maximum Gasteiger partial charge on any atom is 0.416 e. The number of likely N-dealkylation sites (tertiary alicyclic amines) is 1. The third-order valence-electron chi connectivity index (χ3n) is 4.48. The minimum atomic E-state index is -4.43. The quantitative estimate of drug-likeness (QED) is 0.869. The van der Waals surface area contributed by atoms with Crippen LogP contribution in [0.1, 0.15) is 44.7 Å². The number of aliphatic hydroxyl groups is 1. The second-order valence-electron chi connectivity index (χ2n) is 7.48. The van der Waals surface area contributed by atoms with Gasteiger partial charge in [0.25, 0.3) is 0 Å². The number of hydrogen-bond donors (Lipinski definition) is 1. The molecule has 25 heavy (non-hydrogen) atoms. The number of halogens is 3. The molecule has 0 spiro atoms. The number of carbonyl (C=O) groups excluding carboxylic acids is 1. The van der Waals surface area contributed by atoms with Gasteiger partial charge in [0.15, 0.2) is 0 Å². The Hall–Kier alpha value is -1.76. The lowest BCUT2D eigenvalue weighted by Gasteiger charge is -2.41. The van der Waals surface area contributed by atoms with Crippen molar-refractivity contribution in [2.75, 3.05) is 19.7 Å². The molecule has 0 unspecified atom stereocenters. The molecule has 1 aromatic rings. The van der Waals surface area contributed by atoms with Crippen molar-refractivity contribution < 1.29 is 27.8 Å². The van der Waals surface area contributed by atoms with Crippen molar-refractivity contribution in [3.05, 3.63) is 35.4 Å². The second-order valence-corrected chi connectivity index (χ2v) is 7.48. The Morgan fingerprint density at radius 3 is 2.32 bits per heavy atom. The minimum absolute atomic E-state index is 0.267. The maximum absolute atomic E-state index is 13.0. The first-order valence-corrected chi connectivity index (χ1v) is 8.23. The third kappa shape index (κ3) is 4.66. The van der Waals surface area contributed by atoms with E-state index in [1.807, 2.05) is 0 Å². The number of benzene rings is 1. The van der Waals surface area contributed by atoms with Gasteiger partial charge in [-0.25, -0.2) is 4.79 Å². The molecule has 0 saturated carbocycles. The van der Waals surface area contributed by atoms with Crippen LogP contribution < -0.4 is 0 Å². The molecule has 1 aliphatic heterocycles. The summed E-state index contributed by atoms with van der Waals surface area (Å²) in [6.07, 6.45) is -4.11. The molecular formula is C18H24F3NO3. The van der Waals surface area contributed by atoms with Crippen LogP contribution in [0.25, 0.3) is 0 Å². The van der Waals surface area contributed by atoms with E-state index in [0.717, 1.165) is 12.1 Å². The Labute approximate surface area is 145 Å². The summed E-state index contributed by atoms with van der Waals surface area (Å²) < 4.78 is 44.2. The van der Waals surface area contributed by atoms with Crippen molar-refractivity contribution in [2.24, 2.45) is 0 Å². The van der Waals surface area contributed by atoms with E-state index >= 15 is 0 Å². The molecule has 4 nitrogen and oxygen atoms in total. The first kappa shape index (κ1) is 19.6. The zero-order valence-corrected chi connectivity index (χ0v) is 14.7. The molecule has 7 heteroatoms. The summed E-state index contributed by atoms with van der Waals surface area (Å²) in [4.78, 5) is 13.7. The molecule has 1 aliphatic rings. The highest BCUT2D eigenvalue weighted by molar-refractivity contribution is 5.68. The number of ether oxygens (including phenoxy) is 1. The fraction of sp³-hybridized carbons (Fsp3) is 0.611. The van der Waals surface area contributed by atoms with E-state index in [-0.39, 0.29) is 6.61 Å². The average Bonchev–Trinajstić information content (AvgIpc) is 2.52. The molecule has 140 valence electrons. The summed E-state index contributed by atoms with van der Waals surface area (Å²) in [5.74, 6) is 0. The average molecular weight is 359 g/mol. The van der Waals surface area contributed by atoms with Crippen LogP contribution in [-0.2, 0) is 16.3 Å². The summed E-state index contributed by atoms with van der Waals surface area (Å²) in [6, 6.07) is 5.08. The number of piperidine rings is 1. The van der Waals surface area contributed by atoms with Gasteiger partial charge in [0.1, 0.15) is 5.60 Å². The van der Waals surface area contributed by atoms with Gasteiger partial charge in [0.2, 0.25) is 0 Å². The Kier molecular flexibility index (Phi) is 5.37. The van der Waals surface area contributed by atoms with Gasteiger partial charge in [-0.05, 0) is 45.2 Å². The molecule has 0 bridgehead atoms. The first-order chi connectivity index (χ1) is 11.5. The molecule has 1 amide bonds. The summed E-state index contributed by atoms with van der Waals surface area (Å²) in [6.45, 7) is 5.70. The third-order valence-corrected chi connectivity index (χ3v) is 4.48. The van der Waals surface area contributed by atoms with Gasteiger partial charge < -0.3 is 14.7 Å². The molecule has 2 rings (SSSR count). The molecule has 1 fully saturated rings. The zero-order valence-electron chi connectivity index (χ0n) is 14.7. The Balaban J connectivity index is 2.15. The highest BCUT2D eigenvalue weighted by Gasteiger charge is 2.39. The van der Waals surface area contributed by atoms with Gasteiger partial charge in [-0.3, -0.25) is 0 Å². The van der Waals surface area contributed by atoms with Crippen LogP contribution in [0.3, 0.4) is 0 Å². The fourth-order valence-corrected chi connectivity index (χ4v) is 3.01. The van der Waals surface area contributed by atoms with Crippen molar-refractivity contribution in [2.45, 2.75) is 50.8 Å². The van der Waals surface area contributed by atoms with Gasteiger partial charge in [0, 0.05) is 18.5 Å². The summed E-state index contributed by atoms with van der Waals surface area (Å²) in [7, 11) is 0. The van der Waals surface area contributed by atoms with Crippen LogP contribution in [0.4, 0.5) is 18.0 Å². The second kappa shape index (κ2) is 6.86. The van der Waals surface area contributed by atoms with E-state index in [9.17, 15) is 23.1 Å². The monoisotopic (exact) mass is 359 g/mol. The molecule has 1 saturated heterocycles. The Morgan fingerprint density at radius 2 is 1.84 bits per heavy atom. The molecule has 0 aliphatic carbocycles. The van der Waals surface area contributed by atoms with Gasteiger partial charge in [0.05, 0.1) is 12.2 Å². The summed E-state index contributed by atoms with van der Waals surface area (Å²) in [5.41, 5.74) is -1.66. The predicted molar refractivity (Wildman–Crippen MR) is 87.2 cm³/mol. The highest BCUT2D eigenvalue weighted by Crippen LogP contribution is 2.38. The van der Waals surface area contributed by atoms with Crippen molar-refractivity contribution in [1.82, 2.24) is 4.90 Å². The van der Waals surface area contributed by atoms with Crippen molar-refractivity contribution in [1.29, 1.82) is 0 Å². The van der Waals surface area contributed by atoms with Gasteiger partial charge in [-0.15, -0.1) is 0 Å². The van der Waals surface area contributed by atoms with Crippen molar-refractivity contribution in [3.63, 3.8) is 0 Å². The highest BCUT2D eigenvalue weighted by atomic mass is 19.4. The standard InChI is InChI=1S/C18H24F3NO3/c1-16(2,3)25-15(24)22-9-7-17(12-23,8-10-22)13-5-4-6-14(11-13)18(19,20)21/h4-6,11,23H,7-10,12H2,1-3H3. The largest absolute Gasteiger partial charge is 0.444 e. The van der Waals surface area contributed by atoms with Crippen LogP contribution in [0, 0.1) is 0 Å². The molecule has 0 radical (unpaired) electrons. The molecule has 1 aromatic carbocycles. The number of carbonyl (C=O) groups is 1. The van der Waals surface area contributed by atoms with Crippen LogP contribution in [0.2, 0.25) is 0 Å². The zero-order chi connectivity index (χ0) is 18.9. The molecule has 1 heterocycles. The Morgan fingerprint density at radius 1 is 1.24 bits per heavy atom. The van der Waals surface area contributed by atoms with E-state index in [2.05, 4.69) is 0 Å². The number of alkyl halides is 3. The van der Waals surface area contributed by atoms with E-state index in [0.29, 0.717) is 31.5 Å². The lowest BCUT2D eigenvalue weighted by Crippen LogP contribution is -2.48. The minimum Gasteiger partial charge on any atom is -0.444 e. The normalized spacial score (nSPS) is 18.1. The van der Waals surface area contributed by atoms with E-state index in [1.165, 1.54) is 11.0 Å². The summed E-state index contributed by atoms with van der Waals surface area (Å²) >= 11 is 0. The predicted octanol–water partition coefficient (Wildman–Crippen LogP) is 3.97. The van der Waals surface area contributed by atoms with Crippen LogP contribution in [0.15, 0.2) is 24.3 Å². The summed E-state index contributed by atoms with van der Waals surface area (Å²) in [5, 5.41) is 9.88. The molecule has 1 N–H and O–H groups in total. The van der Waals surface area contributed by atoms with Crippen LogP contribution >= 0.6 is 0 Å². The molecular weight excluding hydrogens is 335 g/mol. The lowest BCUT2D eigenvalue weighted by atomic mass is 9.73. The maximum atomic E-state index is 13.0. The smallest absolute Gasteiger partial charge is 0.416 e. The number of nitrogens with zero attached hydrogens (tertiary/aromatic N) is 1. The van der Waals surface area contributed by atoms with E-state index in [4.69, 9.17) is 4.74 Å². The van der Waals surface area contributed by atoms with Crippen molar-refractivity contribution >= 4 is 6.09 Å². The van der Waals surface area contributed by atoms with Gasteiger partial charge in [-0.1, -0.05) is 18.2 Å². The van der Waals surface area contributed by atoms with Gasteiger partial charge >= 0.3 is 12.3 Å². The Bertz CT molecular complexity index is 615. The van der Waals surface area contributed by atoms with E-state index in [1.54, 1.807) is 26.8 Å². The molecule has 0 aromatic heterocycles. The topological polar surface area (TPSA) is 49.8 Å². The van der Waals surface area contributed by atoms with Gasteiger partial charge in [-0.2, -0.15) is 13.2 Å². The molecule has 0 atom stereocenters. The van der Waals surface area contributed by atoms with Crippen LogP contribution in [0.5, 0.6) is 0 Å². The fourth-order valence-electron chi connectivity index (χ4n) is 3.01. The SMILES string of the molecule is CC(C)(C)OC(=O)N1CCC(CO)(c2cccc(C(F)(F)F)c2)CC1. The first-order valence-electron chi connectivity index (χ1n) is 8.23. The number of amides is 1. The number of aliphatic hydroxyl groups excluding tert-OH is 1. The number of rotatable bonds is 2. The number of hydrogen-bond acceptors (Lipinski definition) is 3.